The number of aromatic amines is 1. The number of imidazole rings is 1. The zero-order valence-electron chi connectivity index (χ0n) is 10.5. The van der Waals surface area contributed by atoms with Crippen molar-refractivity contribution in [2.24, 2.45) is 7.05 Å². The van der Waals surface area contributed by atoms with Crippen molar-refractivity contribution in [1.29, 1.82) is 0 Å². The molecule has 2 heterocycles. The molecule has 2 aromatic heterocycles. The van der Waals surface area contributed by atoms with Crippen molar-refractivity contribution < 1.29 is 0 Å². The fraction of sp³-hybridized carbons (Fsp3) is 0.500. The maximum absolute atomic E-state index is 4.54. The Morgan fingerprint density at radius 2 is 2.00 bits per heavy atom. The monoisotopic (exact) mass is 218 g/mol. The number of nitrogens with one attached hydrogen (secondary N) is 1. The predicted molar refractivity (Wildman–Crippen MR) is 64.2 cm³/mol. The highest BCUT2D eigenvalue weighted by Gasteiger charge is 2.19. The van der Waals surface area contributed by atoms with Gasteiger partial charge in [0.1, 0.15) is 5.82 Å². The molecule has 0 unspecified atom stereocenters. The summed E-state index contributed by atoms with van der Waals surface area (Å²) in [7, 11) is 1.96. The summed E-state index contributed by atoms with van der Waals surface area (Å²) < 4.78 is 1.90. The van der Waals surface area contributed by atoms with Crippen molar-refractivity contribution in [2.75, 3.05) is 0 Å². The second-order valence-corrected chi connectivity index (χ2v) is 5.17. The van der Waals surface area contributed by atoms with E-state index in [0.29, 0.717) is 0 Å². The number of hydrogen-bond donors (Lipinski definition) is 1. The van der Waals surface area contributed by atoms with Crippen LogP contribution in [0.25, 0.3) is 11.4 Å². The maximum atomic E-state index is 4.54. The van der Waals surface area contributed by atoms with Crippen molar-refractivity contribution >= 4 is 0 Å². The molecule has 0 aliphatic heterocycles. The van der Waals surface area contributed by atoms with Gasteiger partial charge in [0.2, 0.25) is 0 Å². The number of aromatic nitrogens is 4. The van der Waals surface area contributed by atoms with E-state index in [9.17, 15) is 0 Å². The lowest BCUT2D eigenvalue weighted by Crippen LogP contribution is -2.12. The van der Waals surface area contributed by atoms with Crippen molar-refractivity contribution in [3.63, 3.8) is 0 Å². The first kappa shape index (κ1) is 10.9. The standard InChI is InChI=1S/C12H18N4/c1-8-13-7-9(14-8)10-6-11(12(2,3)4)15-16(10)5/h6-7H,1-5H3,(H,13,14). The summed E-state index contributed by atoms with van der Waals surface area (Å²) in [5.41, 5.74) is 3.26. The highest BCUT2D eigenvalue weighted by atomic mass is 15.3. The van der Waals surface area contributed by atoms with E-state index in [-0.39, 0.29) is 5.41 Å². The number of rotatable bonds is 1. The minimum atomic E-state index is 0.0745. The van der Waals surface area contributed by atoms with E-state index >= 15 is 0 Å². The van der Waals surface area contributed by atoms with Crippen LogP contribution in [0.4, 0.5) is 0 Å². The molecule has 16 heavy (non-hydrogen) atoms. The molecule has 0 spiro atoms. The van der Waals surface area contributed by atoms with Crippen LogP contribution >= 0.6 is 0 Å². The lowest BCUT2D eigenvalue weighted by atomic mass is 9.92. The van der Waals surface area contributed by atoms with Gasteiger partial charge in [-0.2, -0.15) is 5.10 Å². The first-order valence-electron chi connectivity index (χ1n) is 5.44. The van der Waals surface area contributed by atoms with Crippen LogP contribution in [0.5, 0.6) is 0 Å². The largest absolute Gasteiger partial charge is 0.341 e. The van der Waals surface area contributed by atoms with E-state index in [4.69, 9.17) is 0 Å². The molecule has 0 aliphatic carbocycles. The fourth-order valence-corrected chi connectivity index (χ4v) is 1.64. The van der Waals surface area contributed by atoms with E-state index in [1.165, 1.54) is 0 Å². The Kier molecular flexibility index (Phi) is 2.37. The number of nitrogens with zero attached hydrogens (tertiary/aromatic N) is 3. The maximum Gasteiger partial charge on any atom is 0.103 e. The first-order valence-corrected chi connectivity index (χ1v) is 5.44. The van der Waals surface area contributed by atoms with Crippen molar-refractivity contribution in [3.05, 3.63) is 23.8 Å². The molecule has 4 heteroatoms. The average Bonchev–Trinajstić information content (AvgIpc) is 2.70. The Morgan fingerprint density at radius 3 is 2.44 bits per heavy atom. The van der Waals surface area contributed by atoms with Gasteiger partial charge in [-0.1, -0.05) is 20.8 Å². The molecule has 0 bridgehead atoms. The molecule has 0 saturated heterocycles. The van der Waals surface area contributed by atoms with Crippen LogP contribution in [0.2, 0.25) is 0 Å². The molecule has 0 aromatic carbocycles. The van der Waals surface area contributed by atoms with Gasteiger partial charge >= 0.3 is 0 Å². The van der Waals surface area contributed by atoms with Crippen LogP contribution in [0.3, 0.4) is 0 Å². The van der Waals surface area contributed by atoms with Gasteiger partial charge < -0.3 is 4.98 Å². The van der Waals surface area contributed by atoms with E-state index in [0.717, 1.165) is 22.9 Å². The molecule has 0 aliphatic rings. The topological polar surface area (TPSA) is 46.5 Å². The van der Waals surface area contributed by atoms with Gasteiger partial charge in [0.05, 0.1) is 23.3 Å². The van der Waals surface area contributed by atoms with Crippen LogP contribution in [-0.2, 0) is 12.5 Å². The summed E-state index contributed by atoms with van der Waals surface area (Å²) in [5.74, 6) is 0.925. The Morgan fingerprint density at radius 1 is 1.31 bits per heavy atom. The van der Waals surface area contributed by atoms with Gasteiger partial charge in [-0.05, 0) is 13.0 Å². The predicted octanol–water partition coefficient (Wildman–Crippen LogP) is 2.42. The quantitative estimate of drug-likeness (QED) is 0.799. The normalized spacial score (nSPS) is 12.1. The first-order chi connectivity index (χ1) is 7.38. The SMILES string of the molecule is Cc1ncc(-c2cc(C(C)(C)C)nn2C)[nH]1. The van der Waals surface area contributed by atoms with Crippen molar-refractivity contribution in [2.45, 2.75) is 33.1 Å². The van der Waals surface area contributed by atoms with Gasteiger partial charge in [-0.15, -0.1) is 0 Å². The zero-order chi connectivity index (χ0) is 11.9. The average molecular weight is 218 g/mol. The summed E-state index contributed by atoms with van der Waals surface area (Å²) in [6.07, 6.45) is 1.85. The number of hydrogen-bond acceptors (Lipinski definition) is 2. The molecule has 0 amide bonds. The zero-order valence-corrected chi connectivity index (χ0v) is 10.5. The molecule has 0 fully saturated rings. The molecule has 0 saturated carbocycles. The Hall–Kier alpha value is -1.58. The molecule has 2 aromatic rings. The molecule has 2 rings (SSSR count). The van der Waals surface area contributed by atoms with Gasteiger partial charge in [-0.25, -0.2) is 4.98 Å². The summed E-state index contributed by atoms with van der Waals surface area (Å²) in [6.45, 7) is 8.44. The molecule has 4 nitrogen and oxygen atoms in total. The Bertz CT molecular complexity index is 499. The number of aryl methyl sites for hydroxylation is 2. The van der Waals surface area contributed by atoms with Gasteiger partial charge in [0.25, 0.3) is 0 Å². The molecular weight excluding hydrogens is 200 g/mol. The summed E-state index contributed by atoms with van der Waals surface area (Å²) >= 11 is 0. The smallest absolute Gasteiger partial charge is 0.103 e. The molecular formula is C12H18N4. The second kappa shape index (κ2) is 3.47. The van der Waals surface area contributed by atoms with E-state index in [2.05, 4.69) is 41.9 Å². The van der Waals surface area contributed by atoms with Crippen LogP contribution in [0.1, 0.15) is 32.3 Å². The van der Waals surface area contributed by atoms with Crippen molar-refractivity contribution in [1.82, 2.24) is 19.7 Å². The van der Waals surface area contributed by atoms with Gasteiger partial charge in [0, 0.05) is 12.5 Å². The third kappa shape index (κ3) is 1.87. The number of H-pyrrole nitrogens is 1. The van der Waals surface area contributed by atoms with E-state index in [1.807, 2.05) is 24.9 Å². The van der Waals surface area contributed by atoms with E-state index < -0.39 is 0 Å². The van der Waals surface area contributed by atoms with Crippen molar-refractivity contribution in [3.8, 4) is 11.4 Å². The highest BCUT2D eigenvalue weighted by molar-refractivity contribution is 5.54. The third-order valence-corrected chi connectivity index (χ3v) is 2.63. The lowest BCUT2D eigenvalue weighted by Gasteiger charge is -2.13. The van der Waals surface area contributed by atoms with Crippen LogP contribution < -0.4 is 0 Å². The second-order valence-electron chi connectivity index (χ2n) is 5.17. The van der Waals surface area contributed by atoms with Crippen LogP contribution in [-0.4, -0.2) is 19.7 Å². The Balaban J connectivity index is 2.47. The molecule has 1 N–H and O–H groups in total. The molecule has 0 atom stereocenters. The van der Waals surface area contributed by atoms with Crippen LogP contribution in [0, 0.1) is 6.92 Å². The lowest BCUT2D eigenvalue weighted by molar-refractivity contribution is 0.553. The molecule has 86 valence electrons. The summed E-state index contributed by atoms with van der Waals surface area (Å²) in [5, 5.41) is 4.54. The summed E-state index contributed by atoms with van der Waals surface area (Å²) in [6, 6.07) is 2.12. The fourth-order valence-electron chi connectivity index (χ4n) is 1.64. The van der Waals surface area contributed by atoms with E-state index in [1.54, 1.807) is 0 Å². The minimum absolute atomic E-state index is 0.0745. The Labute approximate surface area is 95.7 Å². The highest BCUT2D eigenvalue weighted by Crippen LogP contribution is 2.25. The van der Waals surface area contributed by atoms with Gasteiger partial charge in [0.15, 0.2) is 0 Å². The third-order valence-electron chi connectivity index (χ3n) is 2.63. The van der Waals surface area contributed by atoms with Gasteiger partial charge in [-0.3, -0.25) is 4.68 Å². The van der Waals surface area contributed by atoms with Crippen LogP contribution in [0.15, 0.2) is 12.3 Å². The molecule has 0 radical (unpaired) electrons. The summed E-state index contributed by atoms with van der Waals surface area (Å²) in [4.78, 5) is 7.43. The minimum Gasteiger partial charge on any atom is -0.341 e.